The number of fused-ring (bicyclic) bond motifs is 1. The first kappa shape index (κ1) is 15.6. The van der Waals surface area contributed by atoms with Crippen LogP contribution in [0.1, 0.15) is 16.7 Å². The molecule has 3 rings (SSSR count). The number of halogens is 1. The minimum Gasteiger partial charge on any atom is -0.355 e. The van der Waals surface area contributed by atoms with E-state index in [1.165, 1.54) is 0 Å². The lowest BCUT2D eigenvalue weighted by atomic mass is 10.1. The Hall–Kier alpha value is -2.33. The van der Waals surface area contributed by atoms with Crippen molar-refractivity contribution in [2.75, 3.05) is 11.9 Å². The van der Waals surface area contributed by atoms with Gasteiger partial charge in [-0.2, -0.15) is 0 Å². The van der Waals surface area contributed by atoms with Crippen molar-refractivity contribution < 1.29 is 9.59 Å². The molecule has 0 fully saturated rings. The Morgan fingerprint density at radius 2 is 2.04 bits per heavy atom. The van der Waals surface area contributed by atoms with Gasteiger partial charge in [-0.25, -0.2) is 0 Å². The molecule has 2 aromatic rings. The summed E-state index contributed by atoms with van der Waals surface area (Å²) in [4.78, 5) is 23.3. The molecule has 1 aliphatic heterocycles. The van der Waals surface area contributed by atoms with Gasteiger partial charge in [0.15, 0.2) is 0 Å². The summed E-state index contributed by atoms with van der Waals surface area (Å²) in [6.45, 7) is 0.574. The number of hydrogen-bond acceptors (Lipinski definition) is 2. The Bertz CT molecular complexity index is 758. The zero-order valence-electron chi connectivity index (χ0n) is 12.6. The molecule has 0 saturated heterocycles. The lowest BCUT2D eigenvalue weighted by Crippen LogP contribution is -2.27. The second-order valence-electron chi connectivity index (χ2n) is 5.62. The topological polar surface area (TPSA) is 58.2 Å². The molecule has 0 radical (unpaired) electrons. The van der Waals surface area contributed by atoms with Crippen LogP contribution >= 0.6 is 11.6 Å². The Kier molecular flexibility index (Phi) is 4.63. The fraction of sp³-hybridized carbons (Fsp3) is 0.222. The molecule has 2 N–H and O–H groups in total. The van der Waals surface area contributed by atoms with E-state index in [9.17, 15) is 9.59 Å². The highest BCUT2D eigenvalue weighted by Crippen LogP contribution is 2.23. The van der Waals surface area contributed by atoms with Crippen LogP contribution in [0, 0.1) is 0 Å². The van der Waals surface area contributed by atoms with Gasteiger partial charge in [0.05, 0.1) is 12.8 Å². The number of rotatable bonds is 5. The van der Waals surface area contributed by atoms with Gasteiger partial charge in [-0.3, -0.25) is 9.59 Å². The molecule has 4 nitrogen and oxygen atoms in total. The van der Waals surface area contributed by atoms with Gasteiger partial charge in [0.2, 0.25) is 11.8 Å². The predicted octanol–water partition coefficient (Wildman–Crippen LogP) is 2.74. The Morgan fingerprint density at radius 1 is 1.17 bits per heavy atom. The second-order valence-corrected chi connectivity index (χ2v) is 6.06. The van der Waals surface area contributed by atoms with Gasteiger partial charge in [-0.15, -0.1) is 0 Å². The molecule has 2 aromatic carbocycles. The Morgan fingerprint density at radius 3 is 2.87 bits per heavy atom. The molecule has 23 heavy (non-hydrogen) atoms. The normalized spacial score (nSPS) is 12.7. The second kappa shape index (κ2) is 6.84. The largest absolute Gasteiger partial charge is 0.355 e. The molecule has 5 heteroatoms. The van der Waals surface area contributed by atoms with Gasteiger partial charge in [0.25, 0.3) is 0 Å². The summed E-state index contributed by atoms with van der Waals surface area (Å²) in [6.07, 6.45) is 1.45. The van der Waals surface area contributed by atoms with E-state index in [-0.39, 0.29) is 11.8 Å². The zero-order chi connectivity index (χ0) is 16.2. The van der Waals surface area contributed by atoms with Gasteiger partial charge in [0.1, 0.15) is 0 Å². The Labute approximate surface area is 139 Å². The molecule has 2 amide bonds. The van der Waals surface area contributed by atoms with E-state index in [0.29, 0.717) is 24.4 Å². The third-order valence-corrected chi connectivity index (χ3v) is 4.02. The van der Waals surface area contributed by atoms with Crippen LogP contribution in [0.3, 0.4) is 0 Å². The molecule has 118 valence electrons. The lowest BCUT2D eigenvalue weighted by Gasteiger charge is -2.07. The van der Waals surface area contributed by atoms with Gasteiger partial charge < -0.3 is 10.6 Å². The number of benzene rings is 2. The van der Waals surface area contributed by atoms with E-state index in [1.54, 1.807) is 0 Å². The maximum atomic E-state index is 12.0. The number of carbonyl (C=O) groups excluding carboxylic acids is 2. The van der Waals surface area contributed by atoms with Crippen molar-refractivity contribution in [1.29, 1.82) is 0 Å². The number of amides is 2. The quantitative estimate of drug-likeness (QED) is 0.886. The first-order chi connectivity index (χ1) is 11.1. The zero-order valence-corrected chi connectivity index (χ0v) is 13.3. The number of nitrogens with one attached hydrogen (secondary N) is 2. The summed E-state index contributed by atoms with van der Waals surface area (Å²) in [5.74, 6) is -0.0209. The summed E-state index contributed by atoms with van der Waals surface area (Å²) in [5.41, 5.74) is 3.82. The van der Waals surface area contributed by atoms with Crippen LogP contribution in [0.25, 0.3) is 0 Å². The average molecular weight is 329 g/mol. The summed E-state index contributed by atoms with van der Waals surface area (Å²) >= 11 is 5.93. The van der Waals surface area contributed by atoms with Crippen molar-refractivity contribution in [2.45, 2.75) is 19.3 Å². The minimum absolute atomic E-state index is 0.00289. The van der Waals surface area contributed by atoms with Crippen molar-refractivity contribution in [3.8, 4) is 0 Å². The molecular weight excluding hydrogens is 312 g/mol. The van der Waals surface area contributed by atoms with E-state index in [1.807, 2.05) is 42.5 Å². The molecule has 0 unspecified atom stereocenters. The minimum atomic E-state index is -0.0238. The molecule has 1 heterocycles. The summed E-state index contributed by atoms with van der Waals surface area (Å²) in [7, 11) is 0. The highest BCUT2D eigenvalue weighted by Gasteiger charge is 2.17. The molecule has 1 aliphatic rings. The SMILES string of the molecule is O=C(Cc1ccc2c(c1)CC(=O)N2)NCCc1cccc(Cl)c1. The highest BCUT2D eigenvalue weighted by molar-refractivity contribution is 6.30. The van der Waals surface area contributed by atoms with Crippen molar-refractivity contribution in [3.63, 3.8) is 0 Å². The highest BCUT2D eigenvalue weighted by atomic mass is 35.5. The summed E-state index contributed by atoms with van der Waals surface area (Å²) < 4.78 is 0. The molecule has 0 aromatic heterocycles. The average Bonchev–Trinajstić information content (AvgIpc) is 2.86. The van der Waals surface area contributed by atoms with E-state index in [2.05, 4.69) is 10.6 Å². The maximum absolute atomic E-state index is 12.0. The van der Waals surface area contributed by atoms with Gasteiger partial charge in [-0.1, -0.05) is 35.9 Å². The molecule has 0 aliphatic carbocycles. The standard InChI is InChI=1S/C18H17ClN2O2/c19-15-3-1-2-12(9-15)6-7-20-17(22)10-13-4-5-16-14(8-13)11-18(23)21-16/h1-5,8-9H,6-7,10-11H2,(H,20,22)(H,21,23). The van der Waals surface area contributed by atoms with Crippen LogP contribution in [0.2, 0.25) is 5.02 Å². The summed E-state index contributed by atoms with van der Waals surface area (Å²) in [5, 5.41) is 6.40. The molecule has 0 spiro atoms. The third kappa shape index (κ3) is 4.11. The Balaban J connectivity index is 1.50. The van der Waals surface area contributed by atoms with Crippen molar-refractivity contribution in [2.24, 2.45) is 0 Å². The van der Waals surface area contributed by atoms with Gasteiger partial charge in [-0.05, 0) is 41.3 Å². The van der Waals surface area contributed by atoms with Crippen molar-refractivity contribution >= 4 is 29.1 Å². The summed E-state index contributed by atoms with van der Waals surface area (Å²) in [6, 6.07) is 13.3. The van der Waals surface area contributed by atoms with Gasteiger partial charge >= 0.3 is 0 Å². The van der Waals surface area contributed by atoms with Crippen LogP contribution in [-0.2, 0) is 28.9 Å². The van der Waals surface area contributed by atoms with Gasteiger partial charge in [0, 0.05) is 17.3 Å². The molecule has 0 atom stereocenters. The third-order valence-electron chi connectivity index (χ3n) is 3.78. The smallest absolute Gasteiger partial charge is 0.228 e. The first-order valence-corrected chi connectivity index (χ1v) is 7.91. The lowest BCUT2D eigenvalue weighted by molar-refractivity contribution is -0.120. The molecule has 0 saturated carbocycles. The number of hydrogen-bond donors (Lipinski definition) is 2. The van der Waals surface area contributed by atoms with E-state index < -0.39 is 0 Å². The number of anilines is 1. The number of carbonyl (C=O) groups is 2. The maximum Gasteiger partial charge on any atom is 0.228 e. The van der Waals surface area contributed by atoms with Crippen molar-refractivity contribution in [1.82, 2.24) is 5.32 Å². The van der Waals surface area contributed by atoms with Crippen LogP contribution < -0.4 is 10.6 Å². The monoisotopic (exact) mass is 328 g/mol. The van der Waals surface area contributed by atoms with Crippen LogP contribution in [0.15, 0.2) is 42.5 Å². The fourth-order valence-electron chi connectivity index (χ4n) is 2.68. The van der Waals surface area contributed by atoms with E-state index in [4.69, 9.17) is 11.6 Å². The van der Waals surface area contributed by atoms with E-state index in [0.717, 1.165) is 28.8 Å². The van der Waals surface area contributed by atoms with E-state index >= 15 is 0 Å². The fourth-order valence-corrected chi connectivity index (χ4v) is 2.89. The van der Waals surface area contributed by atoms with Crippen LogP contribution in [0.4, 0.5) is 5.69 Å². The van der Waals surface area contributed by atoms with Crippen LogP contribution in [0.5, 0.6) is 0 Å². The van der Waals surface area contributed by atoms with Crippen molar-refractivity contribution in [3.05, 3.63) is 64.2 Å². The first-order valence-electron chi connectivity index (χ1n) is 7.53. The molecule has 0 bridgehead atoms. The van der Waals surface area contributed by atoms with Crippen LogP contribution in [-0.4, -0.2) is 18.4 Å². The molecular formula is C18H17ClN2O2. The predicted molar refractivity (Wildman–Crippen MR) is 90.6 cm³/mol.